The van der Waals surface area contributed by atoms with Crippen LogP contribution in [0.1, 0.15) is 17.4 Å². The van der Waals surface area contributed by atoms with Gasteiger partial charge in [0.2, 0.25) is 10.0 Å². The van der Waals surface area contributed by atoms with E-state index in [4.69, 9.17) is 0 Å². The van der Waals surface area contributed by atoms with E-state index < -0.39 is 27.9 Å². The summed E-state index contributed by atoms with van der Waals surface area (Å²) in [5, 5.41) is 3.59. The zero-order valence-corrected chi connectivity index (χ0v) is 11.4. The van der Waals surface area contributed by atoms with E-state index >= 15 is 0 Å². The summed E-state index contributed by atoms with van der Waals surface area (Å²) in [6.45, 7) is 1.67. The molecule has 0 fully saturated rings. The number of halogens is 3. The number of carbonyl (C=O) groups excluding carboxylic acids is 1. The van der Waals surface area contributed by atoms with Gasteiger partial charge in [-0.1, -0.05) is 0 Å². The lowest BCUT2D eigenvalue weighted by atomic mass is 10.4. The van der Waals surface area contributed by atoms with Crippen LogP contribution in [0.25, 0.3) is 0 Å². The monoisotopic (exact) mass is 315 g/mol. The first-order valence-electron chi connectivity index (χ1n) is 5.32. The fraction of sp³-hybridized carbons (Fsp3) is 0.556. The maximum Gasteiger partial charge on any atom is 0.404 e. The van der Waals surface area contributed by atoms with Gasteiger partial charge in [-0.25, -0.2) is 13.2 Å². The zero-order chi connectivity index (χ0) is 15.6. The number of ether oxygens (including phenoxy) is 1. The van der Waals surface area contributed by atoms with E-state index in [0.29, 0.717) is 0 Å². The number of rotatable bonds is 5. The first kappa shape index (κ1) is 16.3. The van der Waals surface area contributed by atoms with Crippen molar-refractivity contribution >= 4 is 21.8 Å². The van der Waals surface area contributed by atoms with Crippen LogP contribution in [-0.2, 0) is 21.8 Å². The van der Waals surface area contributed by atoms with E-state index in [1.54, 1.807) is 11.6 Å². The van der Waals surface area contributed by atoms with Crippen LogP contribution in [-0.4, -0.2) is 42.7 Å². The van der Waals surface area contributed by atoms with Crippen molar-refractivity contribution in [2.45, 2.75) is 13.1 Å². The van der Waals surface area contributed by atoms with Crippen LogP contribution in [0.5, 0.6) is 0 Å². The highest BCUT2D eigenvalue weighted by molar-refractivity contribution is 7.92. The second-order valence-electron chi connectivity index (χ2n) is 3.74. The van der Waals surface area contributed by atoms with Crippen molar-refractivity contribution in [2.24, 2.45) is 7.05 Å². The highest BCUT2D eigenvalue weighted by Gasteiger charge is 2.35. The molecule has 0 saturated carbocycles. The van der Waals surface area contributed by atoms with Crippen LogP contribution in [0.2, 0.25) is 0 Å². The number of sulfonamides is 1. The van der Waals surface area contributed by atoms with E-state index in [2.05, 4.69) is 9.84 Å². The van der Waals surface area contributed by atoms with Gasteiger partial charge < -0.3 is 4.74 Å². The lowest BCUT2D eigenvalue weighted by molar-refractivity contribution is -0.106. The number of nitrogens with one attached hydrogen (secondary N) is 1. The lowest BCUT2D eigenvalue weighted by Crippen LogP contribution is -2.28. The SMILES string of the molecule is CCOC(=O)c1cc(NS(=O)(=O)CC(F)(F)F)nn1C. The molecule has 1 heterocycles. The third-order valence-corrected chi connectivity index (χ3v) is 3.21. The Bertz CT molecular complexity index is 594. The molecule has 114 valence electrons. The summed E-state index contributed by atoms with van der Waals surface area (Å²) < 4.78 is 65.9. The molecule has 0 atom stereocenters. The van der Waals surface area contributed by atoms with E-state index in [1.165, 1.54) is 7.05 Å². The van der Waals surface area contributed by atoms with Gasteiger partial charge in [0.05, 0.1) is 6.61 Å². The highest BCUT2D eigenvalue weighted by atomic mass is 32.2. The van der Waals surface area contributed by atoms with E-state index in [0.717, 1.165) is 10.7 Å². The second-order valence-corrected chi connectivity index (χ2v) is 5.46. The Hall–Kier alpha value is -1.78. The van der Waals surface area contributed by atoms with Crippen LogP contribution in [0.4, 0.5) is 19.0 Å². The normalized spacial score (nSPS) is 12.2. The van der Waals surface area contributed by atoms with Crippen LogP contribution in [0.15, 0.2) is 6.07 Å². The third-order valence-electron chi connectivity index (χ3n) is 1.98. The van der Waals surface area contributed by atoms with Gasteiger partial charge >= 0.3 is 12.1 Å². The smallest absolute Gasteiger partial charge is 0.404 e. The number of aryl methyl sites for hydroxylation is 1. The molecule has 0 aliphatic carbocycles. The number of hydrogen-bond acceptors (Lipinski definition) is 5. The van der Waals surface area contributed by atoms with Crippen molar-refractivity contribution < 1.29 is 31.1 Å². The molecule has 0 amide bonds. The summed E-state index contributed by atoms with van der Waals surface area (Å²) in [6, 6.07) is 0.992. The maximum absolute atomic E-state index is 12.0. The Kier molecular flexibility index (Phi) is 4.63. The number of hydrogen-bond donors (Lipinski definition) is 1. The number of carbonyl (C=O) groups is 1. The molecule has 0 unspecified atom stereocenters. The van der Waals surface area contributed by atoms with Crippen LogP contribution >= 0.6 is 0 Å². The van der Waals surface area contributed by atoms with Crippen LogP contribution < -0.4 is 4.72 Å². The molecule has 7 nitrogen and oxygen atoms in total. The minimum Gasteiger partial charge on any atom is -0.461 e. The third kappa shape index (κ3) is 4.72. The molecule has 1 N–H and O–H groups in total. The fourth-order valence-electron chi connectivity index (χ4n) is 1.32. The molecular formula is C9H12F3N3O4S. The molecule has 20 heavy (non-hydrogen) atoms. The molecule has 0 saturated heterocycles. The predicted octanol–water partition coefficient (Wildman–Crippen LogP) is 0.901. The highest BCUT2D eigenvalue weighted by Crippen LogP contribution is 2.19. The Morgan fingerprint density at radius 1 is 1.50 bits per heavy atom. The van der Waals surface area contributed by atoms with Crippen molar-refractivity contribution in [1.82, 2.24) is 9.78 Å². The average molecular weight is 315 g/mol. The Morgan fingerprint density at radius 3 is 2.60 bits per heavy atom. The minimum absolute atomic E-state index is 0.0865. The minimum atomic E-state index is -4.87. The molecule has 0 spiro atoms. The largest absolute Gasteiger partial charge is 0.461 e. The van der Waals surface area contributed by atoms with Gasteiger partial charge in [-0.3, -0.25) is 9.40 Å². The van der Waals surface area contributed by atoms with Gasteiger partial charge in [-0.15, -0.1) is 0 Å². The van der Waals surface area contributed by atoms with Crippen LogP contribution in [0, 0.1) is 0 Å². The number of esters is 1. The lowest BCUT2D eigenvalue weighted by Gasteiger charge is -2.07. The van der Waals surface area contributed by atoms with Crippen LogP contribution in [0.3, 0.4) is 0 Å². The number of alkyl halides is 3. The average Bonchev–Trinajstić information content (AvgIpc) is 2.54. The molecule has 0 radical (unpaired) electrons. The summed E-state index contributed by atoms with van der Waals surface area (Å²) >= 11 is 0. The van der Waals surface area contributed by atoms with Crippen molar-refractivity contribution in [2.75, 3.05) is 17.1 Å². The van der Waals surface area contributed by atoms with Gasteiger partial charge in [-0.2, -0.15) is 18.3 Å². The quantitative estimate of drug-likeness (QED) is 0.815. The molecule has 0 aliphatic rings. The number of anilines is 1. The first-order chi connectivity index (χ1) is 9.04. The summed E-state index contributed by atoms with van der Waals surface area (Å²) in [5.41, 5.74) is -0.0865. The molecule has 1 rings (SSSR count). The van der Waals surface area contributed by atoms with Crippen molar-refractivity contribution in [3.63, 3.8) is 0 Å². The van der Waals surface area contributed by atoms with Crippen molar-refractivity contribution in [1.29, 1.82) is 0 Å². The molecule has 11 heteroatoms. The zero-order valence-electron chi connectivity index (χ0n) is 10.6. The summed E-state index contributed by atoms with van der Waals surface area (Å²) in [5.74, 6) is -3.19. The Labute approximate surface area is 112 Å². The van der Waals surface area contributed by atoms with E-state index in [1.807, 2.05) is 0 Å². The maximum atomic E-state index is 12.0. The molecule has 0 aromatic carbocycles. The van der Waals surface area contributed by atoms with Gasteiger partial charge in [-0.05, 0) is 6.92 Å². The molecule has 0 aliphatic heterocycles. The topological polar surface area (TPSA) is 90.3 Å². The van der Waals surface area contributed by atoms with Gasteiger partial charge in [0.15, 0.2) is 11.6 Å². The fourth-order valence-corrected chi connectivity index (χ4v) is 2.25. The molecule has 1 aromatic rings. The summed E-state index contributed by atoms with van der Waals surface area (Å²) in [6.07, 6.45) is -4.87. The number of nitrogens with zero attached hydrogens (tertiary/aromatic N) is 2. The Balaban J connectivity index is 2.90. The van der Waals surface area contributed by atoms with E-state index in [-0.39, 0.29) is 18.1 Å². The van der Waals surface area contributed by atoms with Crippen molar-refractivity contribution in [3.05, 3.63) is 11.8 Å². The summed E-state index contributed by atoms with van der Waals surface area (Å²) in [4.78, 5) is 11.4. The van der Waals surface area contributed by atoms with Gasteiger partial charge in [0.1, 0.15) is 5.69 Å². The Morgan fingerprint density at radius 2 is 2.10 bits per heavy atom. The van der Waals surface area contributed by atoms with E-state index in [9.17, 15) is 26.4 Å². The predicted molar refractivity (Wildman–Crippen MR) is 62.6 cm³/mol. The first-order valence-corrected chi connectivity index (χ1v) is 6.97. The number of aromatic nitrogens is 2. The van der Waals surface area contributed by atoms with Crippen molar-refractivity contribution in [3.8, 4) is 0 Å². The molecule has 1 aromatic heterocycles. The second kappa shape index (κ2) is 5.69. The summed E-state index contributed by atoms with van der Waals surface area (Å²) in [7, 11) is -3.31. The molecular weight excluding hydrogens is 303 g/mol. The van der Waals surface area contributed by atoms with Gasteiger partial charge in [0, 0.05) is 13.1 Å². The molecule has 0 bridgehead atoms. The standard InChI is InChI=1S/C9H12F3N3O4S/c1-3-19-8(16)6-4-7(13-15(6)2)14-20(17,18)5-9(10,11)12/h4H,3,5H2,1-2H3,(H,13,14). The van der Waals surface area contributed by atoms with Gasteiger partial charge in [0.25, 0.3) is 0 Å².